The summed E-state index contributed by atoms with van der Waals surface area (Å²) in [6.07, 6.45) is 0.898. The summed E-state index contributed by atoms with van der Waals surface area (Å²) in [5.41, 5.74) is 7.41. The van der Waals surface area contributed by atoms with Crippen molar-refractivity contribution in [2.45, 2.75) is 6.42 Å². The first-order chi connectivity index (χ1) is 5.36. The molecule has 1 aliphatic heterocycles. The molecule has 3 heteroatoms. The van der Waals surface area contributed by atoms with Crippen LogP contribution in [0.15, 0.2) is 18.2 Å². The van der Waals surface area contributed by atoms with E-state index in [-0.39, 0.29) is 0 Å². The second-order valence-corrected chi connectivity index (χ2v) is 2.52. The summed E-state index contributed by atoms with van der Waals surface area (Å²) in [6.45, 7) is 0.622. The minimum atomic E-state index is 0.622. The zero-order valence-corrected chi connectivity index (χ0v) is 6.04. The molecular weight excluding hydrogens is 142 g/mol. The maximum absolute atomic E-state index is 5.55. The van der Waals surface area contributed by atoms with E-state index in [0.29, 0.717) is 12.3 Å². The molecule has 1 aromatic rings. The summed E-state index contributed by atoms with van der Waals surface area (Å²) in [7, 11) is 0. The monoisotopic (exact) mass is 151 g/mol. The first kappa shape index (κ1) is 6.49. The summed E-state index contributed by atoms with van der Waals surface area (Å²) in [5.74, 6) is 0.747. The highest BCUT2D eigenvalue weighted by molar-refractivity contribution is 5.48. The van der Waals surface area contributed by atoms with Crippen molar-refractivity contribution in [3.05, 3.63) is 23.8 Å². The summed E-state index contributed by atoms with van der Waals surface area (Å²) in [4.78, 5) is 9.72. The normalized spacial score (nSPS) is 15.3. The molecule has 0 bridgehead atoms. The Balaban J connectivity index is 2.43. The molecule has 11 heavy (non-hydrogen) atoms. The van der Waals surface area contributed by atoms with E-state index in [0.717, 1.165) is 17.7 Å². The summed E-state index contributed by atoms with van der Waals surface area (Å²) in [6, 6.07) is 5.61. The van der Waals surface area contributed by atoms with Crippen LogP contribution in [0.25, 0.3) is 0 Å². The van der Waals surface area contributed by atoms with Crippen LogP contribution in [0.3, 0.4) is 0 Å². The Kier molecular flexibility index (Phi) is 1.43. The van der Waals surface area contributed by atoms with Crippen LogP contribution >= 0.6 is 0 Å². The van der Waals surface area contributed by atoms with Gasteiger partial charge in [-0.05, 0) is 6.07 Å². The molecule has 0 unspecified atom stereocenters. The van der Waals surface area contributed by atoms with Gasteiger partial charge in [0.2, 0.25) is 0 Å². The minimum absolute atomic E-state index is 0.622. The third kappa shape index (κ3) is 1.14. The number of nitrogens with two attached hydrogens (primary N) is 1. The van der Waals surface area contributed by atoms with E-state index in [1.165, 1.54) is 0 Å². The van der Waals surface area contributed by atoms with Crippen LogP contribution in [-0.4, -0.2) is 6.61 Å². The number of nitrogen functional groups attached to an aromatic ring is 1. The molecule has 0 amide bonds. The highest BCUT2D eigenvalue weighted by atomic mass is 17.2. The molecule has 2 N–H and O–H groups in total. The van der Waals surface area contributed by atoms with Gasteiger partial charge in [0.15, 0.2) is 5.75 Å². The molecule has 58 valence electrons. The molecule has 0 aromatic heterocycles. The van der Waals surface area contributed by atoms with E-state index < -0.39 is 0 Å². The van der Waals surface area contributed by atoms with Gasteiger partial charge in [0.25, 0.3) is 0 Å². The highest BCUT2D eigenvalue weighted by Gasteiger charge is 2.10. The topological polar surface area (TPSA) is 44.5 Å². The molecule has 1 aliphatic rings. The Labute approximate surface area is 64.7 Å². The third-order valence-corrected chi connectivity index (χ3v) is 1.69. The number of benzene rings is 1. The lowest BCUT2D eigenvalue weighted by atomic mass is 10.1. The Morgan fingerprint density at radius 1 is 1.36 bits per heavy atom. The van der Waals surface area contributed by atoms with Gasteiger partial charge in [-0.25, -0.2) is 0 Å². The lowest BCUT2D eigenvalue weighted by molar-refractivity contribution is -0.215. The number of hydrogen-bond donors (Lipinski definition) is 1. The van der Waals surface area contributed by atoms with Gasteiger partial charge in [0.1, 0.15) is 0 Å². The van der Waals surface area contributed by atoms with Crippen molar-refractivity contribution in [2.75, 3.05) is 12.3 Å². The predicted molar refractivity (Wildman–Crippen MR) is 41.1 cm³/mol. The molecule has 0 radical (unpaired) electrons. The lowest BCUT2D eigenvalue weighted by Crippen LogP contribution is -2.10. The zero-order chi connectivity index (χ0) is 7.68. The molecule has 1 heterocycles. The second-order valence-electron chi connectivity index (χ2n) is 2.52. The van der Waals surface area contributed by atoms with Crippen molar-refractivity contribution in [3.8, 4) is 5.75 Å². The van der Waals surface area contributed by atoms with Gasteiger partial charge in [-0.15, -0.1) is 0 Å². The average Bonchev–Trinajstić information content (AvgIpc) is 2.04. The van der Waals surface area contributed by atoms with Crippen LogP contribution in [0.4, 0.5) is 5.69 Å². The Hall–Kier alpha value is -1.22. The first-order valence-electron chi connectivity index (χ1n) is 3.54. The highest BCUT2D eigenvalue weighted by Crippen LogP contribution is 2.25. The molecule has 0 saturated heterocycles. The maximum Gasteiger partial charge on any atom is 0.170 e. The van der Waals surface area contributed by atoms with Gasteiger partial charge in [0, 0.05) is 23.7 Å². The van der Waals surface area contributed by atoms with Crippen LogP contribution in [0.5, 0.6) is 5.75 Å². The molecule has 2 rings (SSSR count). The van der Waals surface area contributed by atoms with Gasteiger partial charge in [0.05, 0.1) is 6.61 Å². The van der Waals surface area contributed by atoms with Gasteiger partial charge in [-0.2, -0.15) is 4.89 Å². The van der Waals surface area contributed by atoms with Gasteiger partial charge < -0.3 is 10.6 Å². The van der Waals surface area contributed by atoms with Crippen LogP contribution in [0.2, 0.25) is 0 Å². The standard InChI is InChI=1S/C8H9NO2/c9-7-2-1-6-3-4-10-11-8(6)5-7/h1-2,5H,3-4,9H2. The number of rotatable bonds is 0. The summed E-state index contributed by atoms with van der Waals surface area (Å²) < 4.78 is 0. The lowest BCUT2D eigenvalue weighted by Gasteiger charge is -2.15. The van der Waals surface area contributed by atoms with Crippen molar-refractivity contribution in [1.82, 2.24) is 0 Å². The van der Waals surface area contributed by atoms with E-state index in [9.17, 15) is 0 Å². The van der Waals surface area contributed by atoms with E-state index in [1.54, 1.807) is 6.07 Å². The van der Waals surface area contributed by atoms with E-state index in [4.69, 9.17) is 15.5 Å². The predicted octanol–water partition coefficient (Wildman–Crippen LogP) is 1.14. The van der Waals surface area contributed by atoms with Crippen molar-refractivity contribution in [3.63, 3.8) is 0 Å². The fraction of sp³-hybridized carbons (Fsp3) is 0.250. The van der Waals surface area contributed by atoms with Crippen molar-refractivity contribution in [1.29, 1.82) is 0 Å². The third-order valence-electron chi connectivity index (χ3n) is 1.69. The molecular formula is C8H9NO2. The minimum Gasteiger partial charge on any atom is -0.399 e. The van der Waals surface area contributed by atoms with E-state index in [1.807, 2.05) is 12.1 Å². The van der Waals surface area contributed by atoms with Crippen LogP contribution in [0.1, 0.15) is 5.56 Å². The molecule has 1 aromatic carbocycles. The molecule has 0 fully saturated rings. The molecule has 0 saturated carbocycles. The Morgan fingerprint density at radius 3 is 3.18 bits per heavy atom. The average molecular weight is 151 g/mol. The van der Waals surface area contributed by atoms with Gasteiger partial charge in [-0.1, -0.05) is 6.07 Å². The van der Waals surface area contributed by atoms with E-state index >= 15 is 0 Å². The second kappa shape index (κ2) is 2.43. The fourth-order valence-electron chi connectivity index (χ4n) is 1.11. The van der Waals surface area contributed by atoms with Crippen molar-refractivity contribution < 1.29 is 9.78 Å². The summed E-state index contributed by atoms with van der Waals surface area (Å²) >= 11 is 0. The molecule has 0 aliphatic carbocycles. The molecule has 3 nitrogen and oxygen atoms in total. The van der Waals surface area contributed by atoms with Crippen LogP contribution in [0, 0.1) is 0 Å². The number of anilines is 1. The Bertz CT molecular complexity index is 273. The summed E-state index contributed by atoms with van der Waals surface area (Å²) in [5, 5.41) is 0. The fourth-order valence-corrected chi connectivity index (χ4v) is 1.11. The number of fused-ring (bicyclic) bond motifs is 1. The zero-order valence-electron chi connectivity index (χ0n) is 6.04. The van der Waals surface area contributed by atoms with Crippen LogP contribution < -0.4 is 10.6 Å². The largest absolute Gasteiger partial charge is 0.399 e. The van der Waals surface area contributed by atoms with Crippen LogP contribution in [-0.2, 0) is 11.3 Å². The first-order valence-corrected chi connectivity index (χ1v) is 3.54. The van der Waals surface area contributed by atoms with Crippen molar-refractivity contribution >= 4 is 5.69 Å². The molecule has 0 atom stereocenters. The van der Waals surface area contributed by atoms with Crippen molar-refractivity contribution in [2.24, 2.45) is 0 Å². The smallest absolute Gasteiger partial charge is 0.170 e. The van der Waals surface area contributed by atoms with Gasteiger partial charge in [-0.3, -0.25) is 0 Å². The SMILES string of the molecule is Nc1ccc2c(c1)OOCC2. The van der Waals surface area contributed by atoms with E-state index in [2.05, 4.69) is 0 Å². The molecule has 0 spiro atoms. The maximum atomic E-state index is 5.55. The number of hydrogen-bond acceptors (Lipinski definition) is 3. The van der Waals surface area contributed by atoms with Gasteiger partial charge >= 0.3 is 0 Å². The quantitative estimate of drug-likeness (QED) is 0.446. The Morgan fingerprint density at radius 2 is 2.27 bits per heavy atom.